The van der Waals surface area contributed by atoms with Crippen molar-refractivity contribution in [2.75, 3.05) is 25.5 Å². The van der Waals surface area contributed by atoms with Crippen molar-refractivity contribution in [3.63, 3.8) is 0 Å². The Morgan fingerprint density at radius 1 is 1.04 bits per heavy atom. The fourth-order valence-corrected chi connectivity index (χ4v) is 5.20. The number of nitrogens with one attached hydrogen (secondary N) is 1. The molecule has 1 heterocycles. The number of hydrogen-bond donors (Lipinski definition) is 1. The van der Waals surface area contributed by atoms with Crippen LogP contribution in [0.25, 0.3) is 0 Å². The van der Waals surface area contributed by atoms with Crippen LogP contribution in [0.3, 0.4) is 0 Å². The van der Waals surface area contributed by atoms with E-state index in [1.165, 1.54) is 49.7 Å². The van der Waals surface area contributed by atoms with Crippen molar-refractivity contribution >= 4 is 23.0 Å². The van der Waals surface area contributed by atoms with Crippen LogP contribution >= 0.6 is 12.2 Å². The number of benzene rings is 1. The normalized spacial score (nSPS) is 24.7. The fraction of sp³-hybridized carbons (Fsp3) is 0.682. The summed E-state index contributed by atoms with van der Waals surface area (Å²) in [4.78, 5) is 5.04. The van der Waals surface area contributed by atoms with Gasteiger partial charge < -0.3 is 15.1 Å². The van der Waals surface area contributed by atoms with E-state index in [2.05, 4.69) is 61.1 Å². The first-order valence-electron chi connectivity index (χ1n) is 10.3. The molecule has 0 bridgehead atoms. The van der Waals surface area contributed by atoms with Crippen molar-refractivity contribution in [2.45, 2.75) is 71.4 Å². The molecule has 26 heavy (non-hydrogen) atoms. The topological polar surface area (TPSA) is 18.5 Å². The van der Waals surface area contributed by atoms with Crippen molar-refractivity contribution in [3.8, 4) is 0 Å². The first-order valence-corrected chi connectivity index (χ1v) is 10.7. The summed E-state index contributed by atoms with van der Waals surface area (Å²) in [5.74, 6) is 0.846. The monoisotopic (exact) mass is 373 g/mol. The summed E-state index contributed by atoms with van der Waals surface area (Å²) >= 11 is 5.69. The standard InChI is InChI=1S/C22H35N3S/c1-16-13-17(2)15-19(14-16)23-22(26)25-11-9-20(10-12-25)24(4)21-8-6-5-7-18(21)3/h13-15,18,20-21H,5-12H2,1-4H3,(H,23,26)/t18-,21+/m0/s1. The smallest absolute Gasteiger partial charge is 0.173 e. The zero-order valence-electron chi connectivity index (χ0n) is 16.9. The van der Waals surface area contributed by atoms with Crippen molar-refractivity contribution < 1.29 is 0 Å². The molecule has 4 heteroatoms. The fourth-order valence-electron chi connectivity index (χ4n) is 4.90. The second kappa shape index (κ2) is 8.71. The first kappa shape index (κ1) is 19.6. The van der Waals surface area contributed by atoms with Gasteiger partial charge in [-0.25, -0.2) is 0 Å². The van der Waals surface area contributed by atoms with Gasteiger partial charge in [-0.2, -0.15) is 0 Å². The van der Waals surface area contributed by atoms with Gasteiger partial charge >= 0.3 is 0 Å². The van der Waals surface area contributed by atoms with Crippen LogP contribution in [0.1, 0.15) is 56.6 Å². The predicted octanol–water partition coefficient (Wildman–Crippen LogP) is 4.98. The maximum Gasteiger partial charge on any atom is 0.173 e. The third-order valence-electron chi connectivity index (χ3n) is 6.39. The molecular formula is C22H35N3S. The van der Waals surface area contributed by atoms with Crippen LogP contribution in [0.4, 0.5) is 5.69 Å². The highest BCUT2D eigenvalue weighted by molar-refractivity contribution is 7.80. The van der Waals surface area contributed by atoms with Crippen LogP contribution in [0, 0.1) is 19.8 Å². The van der Waals surface area contributed by atoms with E-state index in [1.807, 2.05) is 0 Å². The summed E-state index contributed by atoms with van der Waals surface area (Å²) in [6.45, 7) is 8.83. The van der Waals surface area contributed by atoms with E-state index in [-0.39, 0.29) is 0 Å². The molecule has 0 radical (unpaired) electrons. The zero-order valence-corrected chi connectivity index (χ0v) is 17.7. The molecule has 0 aromatic heterocycles. The van der Waals surface area contributed by atoms with Gasteiger partial charge in [0.05, 0.1) is 0 Å². The van der Waals surface area contributed by atoms with Gasteiger partial charge in [0.25, 0.3) is 0 Å². The summed E-state index contributed by atoms with van der Waals surface area (Å²) in [6, 6.07) is 8.03. The lowest BCUT2D eigenvalue weighted by Gasteiger charge is -2.44. The van der Waals surface area contributed by atoms with Crippen molar-refractivity contribution in [1.29, 1.82) is 0 Å². The molecule has 1 N–H and O–H groups in total. The second-order valence-electron chi connectivity index (χ2n) is 8.52. The van der Waals surface area contributed by atoms with Crippen molar-refractivity contribution in [1.82, 2.24) is 9.80 Å². The van der Waals surface area contributed by atoms with E-state index in [1.54, 1.807) is 0 Å². The van der Waals surface area contributed by atoms with Crippen LogP contribution < -0.4 is 5.32 Å². The van der Waals surface area contributed by atoms with Crippen LogP contribution in [0.15, 0.2) is 18.2 Å². The van der Waals surface area contributed by atoms with Crippen LogP contribution in [0.2, 0.25) is 0 Å². The lowest BCUT2D eigenvalue weighted by molar-refractivity contribution is 0.0691. The van der Waals surface area contributed by atoms with Gasteiger partial charge in [-0.15, -0.1) is 0 Å². The SMILES string of the molecule is Cc1cc(C)cc(NC(=S)N2CCC(N(C)[C@@H]3CCCC[C@@H]3C)CC2)c1. The lowest BCUT2D eigenvalue weighted by Crippen LogP contribution is -2.51. The van der Waals surface area contributed by atoms with E-state index in [0.29, 0.717) is 6.04 Å². The molecule has 1 saturated heterocycles. The number of aryl methyl sites for hydroxylation is 2. The molecule has 3 rings (SSSR count). The number of piperidine rings is 1. The van der Waals surface area contributed by atoms with Gasteiger partial charge in [-0.05, 0) is 88.0 Å². The molecule has 0 unspecified atom stereocenters. The van der Waals surface area contributed by atoms with E-state index in [9.17, 15) is 0 Å². The molecule has 0 amide bonds. The number of likely N-dealkylation sites (tertiary alicyclic amines) is 1. The number of rotatable bonds is 3. The molecule has 0 spiro atoms. The first-order chi connectivity index (χ1) is 12.4. The Bertz CT molecular complexity index is 602. The molecule has 1 saturated carbocycles. The molecule has 1 aromatic rings. The Balaban J connectivity index is 1.52. The van der Waals surface area contributed by atoms with E-state index in [4.69, 9.17) is 12.2 Å². The van der Waals surface area contributed by atoms with Gasteiger partial charge in [0.15, 0.2) is 5.11 Å². The van der Waals surface area contributed by atoms with Gasteiger partial charge in [0.2, 0.25) is 0 Å². The van der Waals surface area contributed by atoms with E-state index in [0.717, 1.165) is 35.8 Å². The number of thiocarbonyl (C=S) groups is 1. The molecule has 1 aromatic carbocycles. The van der Waals surface area contributed by atoms with Gasteiger partial charge in [0, 0.05) is 30.9 Å². The maximum absolute atomic E-state index is 5.69. The molecule has 1 aliphatic heterocycles. The molecule has 3 nitrogen and oxygen atoms in total. The number of hydrogen-bond acceptors (Lipinski definition) is 2. The van der Waals surface area contributed by atoms with Crippen molar-refractivity contribution in [3.05, 3.63) is 29.3 Å². The molecule has 144 valence electrons. The quantitative estimate of drug-likeness (QED) is 0.753. The zero-order chi connectivity index (χ0) is 18.7. The minimum atomic E-state index is 0.709. The predicted molar refractivity (Wildman–Crippen MR) is 116 cm³/mol. The lowest BCUT2D eigenvalue weighted by atomic mass is 9.84. The van der Waals surface area contributed by atoms with Crippen LogP contribution in [-0.2, 0) is 0 Å². The van der Waals surface area contributed by atoms with Gasteiger partial charge in [-0.1, -0.05) is 25.8 Å². The Morgan fingerprint density at radius 2 is 1.65 bits per heavy atom. The summed E-state index contributed by atoms with van der Waals surface area (Å²) < 4.78 is 0. The minimum absolute atomic E-state index is 0.709. The Labute approximate surface area is 165 Å². The minimum Gasteiger partial charge on any atom is -0.349 e. The van der Waals surface area contributed by atoms with Crippen molar-refractivity contribution in [2.24, 2.45) is 5.92 Å². The summed E-state index contributed by atoms with van der Waals surface area (Å²) in [6.07, 6.45) is 8.04. The highest BCUT2D eigenvalue weighted by atomic mass is 32.1. The third kappa shape index (κ3) is 4.77. The van der Waals surface area contributed by atoms with E-state index >= 15 is 0 Å². The largest absolute Gasteiger partial charge is 0.349 e. The molecule has 2 atom stereocenters. The Kier molecular flexibility index (Phi) is 6.57. The number of nitrogens with zero attached hydrogens (tertiary/aromatic N) is 2. The van der Waals surface area contributed by atoms with E-state index < -0.39 is 0 Å². The average Bonchev–Trinajstić information content (AvgIpc) is 2.61. The second-order valence-corrected chi connectivity index (χ2v) is 8.91. The van der Waals surface area contributed by atoms with Crippen LogP contribution in [-0.4, -0.2) is 47.1 Å². The molecule has 1 aliphatic carbocycles. The summed E-state index contributed by atoms with van der Waals surface area (Å²) in [5.41, 5.74) is 3.66. The van der Waals surface area contributed by atoms with Crippen LogP contribution in [0.5, 0.6) is 0 Å². The Morgan fingerprint density at radius 3 is 2.27 bits per heavy atom. The highest BCUT2D eigenvalue weighted by Crippen LogP contribution is 2.30. The summed E-state index contributed by atoms with van der Waals surface area (Å²) in [5, 5.41) is 4.33. The van der Waals surface area contributed by atoms with Gasteiger partial charge in [0.1, 0.15) is 0 Å². The maximum atomic E-state index is 5.69. The molecule has 2 aliphatic rings. The highest BCUT2D eigenvalue weighted by Gasteiger charge is 2.31. The number of anilines is 1. The Hall–Kier alpha value is -1.13. The summed E-state index contributed by atoms with van der Waals surface area (Å²) in [7, 11) is 2.36. The molecular weight excluding hydrogens is 338 g/mol. The third-order valence-corrected chi connectivity index (χ3v) is 6.75. The molecule has 2 fully saturated rings. The average molecular weight is 374 g/mol. The van der Waals surface area contributed by atoms with Gasteiger partial charge in [-0.3, -0.25) is 0 Å².